The predicted molar refractivity (Wildman–Crippen MR) is 110 cm³/mol. The topological polar surface area (TPSA) is 12.9 Å². The number of rotatable bonds is 2. The maximum Gasteiger partial charge on any atom is 0.0783 e. The molecule has 0 saturated heterocycles. The van der Waals surface area contributed by atoms with Gasteiger partial charge in [0, 0.05) is 17.1 Å². The molecule has 0 N–H and O–H groups in total. The van der Waals surface area contributed by atoms with Crippen LogP contribution in [-0.2, 0) is 6.42 Å². The fraction of sp³-hybridized carbons (Fsp3) is 0.400. The van der Waals surface area contributed by atoms with E-state index in [9.17, 15) is 0 Å². The minimum atomic E-state index is 0.652. The molecule has 2 aliphatic carbocycles. The molecule has 26 heavy (non-hydrogen) atoms. The number of aryl methyl sites for hydroxylation is 1. The molecule has 0 aliphatic heterocycles. The molecule has 2 aromatic carbocycles. The second-order valence-corrected chi connectivity index (χ2v) is 8.47. The number of hydrogen-bond acceptors (Lipinski definition) is 1. The first kappa shape index (κ1) is 16.1. The standard InChI is InChI=1S/C25H27N/c1-16-12-21-14-17(2)24(21)23(13-16)25-22-9-8-19(15-20(22)10-11-26-25)18-6-4-3-5-7-18/h8-13,15,17-18H,3-7,14H2,1-2H3. The van der Waals surface area contributed by atoms with Gasteiger partial charge in [0.25, 0.3) is 0 Å². The molecule has 0 radical (unpaired) electrons. The molecular weight excluding hydrogens is 314 g/mol. The van der Waals surface area contributed by atoms with Crippen molar-refractivity contribution in [2.45, 2.75) is 64.2 Å². The van der Waals surface area contributed by atoms with Crippen LogP contribution in [-0.4, -0.2) is 4.98 Å². The Morgan fingerprint density at radius 2 is 1.81 bits per heavy atom. The molecule has 1 saturated carbocycles. The molecule has 1 fully saturated rings. The van der Waals surface area contributed by atoms with Crippen LogP contribution in [0.4, 0.5) is 0 Å². The summed E-state index contributed by atoms with van der Waals surface area (Å²) >= 11 is 0. The molecule has 132 valence electrons. The SMILES string of the molecule is Cc1cc2c(c(-c3nccc4cc(C5CCCCC5)ccc34)c1)C(C)C2. The highest BCUT2D eigenvalue weighted by molar-refractivity contribution is 5.96. The van der Waals surface area contributed by atoms with Crippen LogP contribution >= 0.6 is 0 Å². The Bertz CT molecular complexity index is 979. The van der Waals surface area contributed by atoms with Crippen LogP contribution in [0.25, 0.3) is 22.0 Å². The molecule has 0 amide bonds. The van der Waals surface area contributed by atoms with Crippen molar-refractivity contribution < 1.29 is 0 Å². The first-order chi connectivity index (χ1) is 12.7. The monoisotopic (exact) mass is 341 g/mol. The third kappa shape index (κ3) is 2.57. The number of nitrogens with zero attached hydrogens (tertiary/aromatic N) is 1. The number of hydrogen-bond donors (Lipinski definition) is 0. The minimum absolute atomic E-state index is 0.652. The number of benzene rings is 2. The quantitative estimate of drug-likeness (QED) is 0.493. The molecule has 1 unspecified atom stereocenters. The van der Waals surface area contributed by atoms with Gasteiger partial charge in [-0.3, -0.25) is 4.98 Å². The van der Waals surface area contributed by atoms with E-state index in [1.165, 1.54) is 82.8 Å². The van der Waals surface area contributed by atoms with Crippen molar-refractivity contribution in [1.82, 2.24) is 4.98 Å². The van der Waals surface area contributed by atoms with E-state index in [1.54, 1.807) is 0 Å². The summed E-state index contributed by atoms with van der Waals surface area (Å²) in [6, 6.07) is 14.0. The smallest absolute Gasteiger partial charge is 0.0783 e. The summed E-state index contributed by atoms with van der Waals surface area (Å²) in [6.07, 6.45) is 10.1. The molecule has 3 aromatic rings. The Kier molecular flexibility index (Phi) is 3.85. The molecular formula is C25H27N. The summed E-state index contributed by atoms with van der Waals surface area (Å²) < 4.78 is 0. The van der Waals surface area contributed by atoms with Gasteiger partial charge in [-0.05, 0) is 72.2 Å². The maximum absolute atomic E-state index is 4.83. The Hall–Kier alpha value is -2.15. The van der Waals surface area contributed by atoms with Crippen molar-refractivity contribution in [3.05, 3.63) is 64.8 Å². The van der Waals surface area contributed by atoms with Gasteiger partial charge in [0.15, 0.2) is 0 Å². The summed E-state index contributed by atoms with van der Waals surface area (Å²) in [4.78, 5) is 4.83. The highest BCUT2D eigenvalue weighted by Crippen LogP contribution is 2.44. The van der Waals surface area contributed by atoms with Crippen LogP contribution in [0.3, 0.4) is 0 Å². The van der Waals surface area contributed by atoms with Gasteiger partial charge < -0.3 is 0 Å². The first-order valence-electron chi connectivity index (χ1n) is 10.2. The highest BCUT2D eigenvalue weighted by atomic mass is 14.7. The Labute approximate surface area is 156 Å². The Balaban J connectivity index is 1.64. The van der Waals surface area contributed by atoms with E-state index < -0.39 is 0 Å². The van der Waals surface area contributed by atoms with Gasteiger partial charge >= 0.3 is 0 Å². The van der Waals surface area contributed by atoms with Crippen LogP contribution in [0.2, 0.25) is 0 Å². The zero-order chi connectivity index (χ0) is 17.7. The average molecular weight is 341 g/mol. The van der Waals surface area contributed by atoms with Crippen LogP contribution in [0.5, 0.6) is 0 Å². The summed E-state index contributed by atoms with van der Waals surface area (Å²) in [5.74, 6) is 1.41. The molecule has 1 heteroatoms. The first-order valence-corrected chi connectivity index (χ1v) is 10.2. The van der Waals surface area contributed by atoms with Gasteiger partial charge in [-0.15, -0.1) is 0 Å². The molecule has 1 atom stereocenters. The van der Waals surface area contributed by atoms with Gasteiger partial charge in [-0.1, -0.05) is 56.0 Å². The Morgan fingerprint density at radius 3 is 2.62 bits per heavy atom. The molecule has 1 heterocycles. The van der Waals surface area contributed by atoms with E-state index in [1.807, 2.05) is 6.20 Å². The summed E-state index contributed by atoms with van der Waals surface area (Å²) in [5, 5.41) is 2.65. The molecule has 1 nitrogen and oxygen atoms in total. The lowest BCUT2D eigenvalue weighted by Gasteiger charge is -2.30. The lowest BCUT2D eigenvalue weighted by atomic mass is 9.74. The fourth-order valence-electron chi connectivity index (χ4n) is 5.22. The minimum Gasteiger partial charge on any atom is -0.256 e. The number of fused-ring (bicyclic) bond motifs is 2. The summed E-state index contributed by atoms with van der Waals surface area (Å²) in [5.41, 5.74) is 8.44. The maximum atomic E-state index is 4.83. The van der Waals surface area contributed by atoms with E-state index in [0.717, 1.165) is 5.92 Å². The second-order valence-electron chi connectivity index (χ2n) is 8.47. The summed E-state index contributed by atoms with van der Waals surface area (Å²) in [6.45, 7) is 4.55. The van der Waals surface area contributed by atoms with E-state index in [2.05, 4.69) is 50.2 Å². The number of pyridine rings is 1. The largest absolute Gasteiger partial charge is 0.256 e. The normalized spacial score (nSPS) is 20.0. The zero-order valence-corrected chi connectivity index (χ0v) is 15.9. The lowest BCUT2D eigenvalue weighted by molar-refractivity contribution is 0.444. The molecule has 0 bridgehead atoms. The van der Waals surface area contributed by atoms with E-state index in [4.69, 9.17) is 4.98 Å². The van der Waals surface area contributed by atoms with Gasteiger partial charge in [0.1, 0.15) is 0 Å². The van der Waals surface area contributed by atoms with Crippen molar-refractivity contribution in [3.8, 4) is 11.3 Å². The molecule has 0 spiro atoms. The zero-order valence-electron chi connectivity index (χ0n) is 15.9. The van der Waals surface area contributed by atoms with Crippen LogP contribution in [0.1, 0.15) is 73.1 Å². The van der Waals surface area contributed by atoms with Gasteiger partial charge in [-0.25, -0.2) is 0 Å². The molecule has 5 rings (SSSR count). The van der Waals surface area contributed by atoms with E-state index in [-0.39, 0.29) is 0 Å². The van der Waals surface area contributed by atoms with Gasteiger partial charge in [0.05, 0.1) is 5.69 Å². The van der Waals surface area contributed by atoms with E-state index >= 15 is 0 Å². The van der Waals surface area contributed by atoms with Crippen LogP contribution < -0.4 is 0 Å². The highest BCUT2D eigenvalue weighted by Gasteiger charge is 2.27. The predicted octanol–water partition coefficient (Wildman–Crippen LogP) is 6.92. The van der Waals surface area contributed by atoms with Crippen molar-refractivity contribution in [3.63, 3.8) is 0 Å². The lowest BCUT2D eigenvalue weighted by Crippen LogP contribution is -2.16. The molecule has 1 aromatic heterocycles. The summed E-state index contributed by atoms with van der Waals surface area (Å²) in [7, 11) is 0. The van der Waals surface area contributed by atoms with Crippen molar-refractivity contribution in [1.29, 1.82) is 0 Å². The van der Waals surface area contributed by atoms with Crippen LogP contribution in [0.15, 0.2) is 42.6 Å². The van der Waals surface area contributed by atoms with Gasteiger partial charge in [-0.2, -0.15) is 0 Å². The Morgan fingerprint density at radius 1 is 0.962 bits per heavy atom. The third-order valence-electron chi connectivity index (χ3n) is 6.55. The van der Waals surface area contributed by atoms with Crippen LogP contribution in [0, 0.1) is 6.92 Å². The second kappa shape index (κ2) is 6.23. The average Bonchev–Trinajstić information content (AvgIpc) is 2.66. The van der Waals surface area contributed by atoms with Crippen molar-refractivity contribution in [2.24, 2.45) is 0 Å². The molecule has 2 aliphatic rings. The third-order valence-corrected chi connectivity index (χ3v) is 6.55. The fourth-order valence-corrected chi connectivity index (χ4v) is 5.22. The number of aromatic nitrogens is 1. The van der Waals surface area contributed by atoms with E-state index in [0.29, 0.717) is 5.92 Å². The van der Waals surface area contributed by atoms with Crippen molar-refractivity contribution in [2.75, 3.05) is 0 Å². The van der Waals surface area contributed by atoms with Crippen molar-refractivity contribution >= 4 is 10.8 Å². The van der Waals surface area contributed by atoms with Gasteiger partial charge in [0.2, 0.25) is 0 Å².